The van der Waals surface area contributed by atoms with Crippen molar-refractivity contribution in [1.29, 1.82) is 0 Å². The largest absolute Gasteiger partial charge is 0.282 e. The van der Waals surface area contributed by atoms with Crippen LogP contribution in [0.25, 0.3) is 0 Å². The average Bonchev–Trinajstić information content (AvgIpc) is 2.98. The van der Waals surface area contributed by atoms with Crippen LogP contribution in [0.3, 0.4) is 0 Å². The molecule has 1 saturated heterocycles. The zero-order chi connectivity index (χ0) is 16.0. The van der Waals surface area contributed by atoms with Crippen LogP contribution in [0.15, 0.2) is 35.9 Å². The third-order valence-electron chi connectivity index (χ3n) is 5.64. The second-order valence-electron chi connectivity index (χ2n) is 7.19. The molecule has 0 N–H and O–H groups in total. The predicted octanol–water partition coefficient (Wildman–Crippen LogP) is 2.58. The average molecular weight is 332 g/mol. The van der Waals surface area contributed by atoms with E-state index in [-0.39, 0.29) is 0 Å². The van der Waals surface area contributed by atoms with Crippen LogP contribution in [-0.4, -0.2) is 36.7 Å². The molecule has 2 atom stereocenters. The van der Waals surface area contributed by atoms with Gasteiger partial charge in [-0.05, 0) is 49.1 Å². The lowest BCUT2D eigenvalue weighted by Crippen LogP contribution is -2.45. The summed E-state index contributed by atoms with van der Waals surface area (Å²) in [5, 5.41) is 0. The van der Waals surface area contributed by atoms with Crippen molar-refractivity contribution in [3.8, 4) is 0 Å². The van der Waals surface area contributed by atoms with E-state index in [4.69, 9.17) is 0 Å². The Balaban J connectivity index is 1.51. The quantitative estimate of drug-likeness (QED) is 0.781. The molecule has 1 aliphatic carbocycles. The van der Waals surface area contributed by atoms with E-state index in [9.17, 15) is 8.42 Å². The van der Waals surface area contributed by atoms with E-state index in [0.717, 1.165) is 24.8 Å². The van der Waals surface area contributed by atoms with Crippen molar-refractivity contribution < 1.29 is 8.42 Å². The van der Waals surface area contributed by atoms with Crippen LogP contribution < -0.4 is 0 Å². The first-order chi connectivity index (χ1) is 11.0. The molecule has 2 heterocycles. The maximum absolute atomic E-state index is 13.1. The zero-order valence-electron chi connectivity index (χ0n) is 13.6. The first-order valence-corrected chi connectivity index (χ1v) is 9.91. The molecule has 4 rings (SSSR count). The van der Waals surface area contributed by atoms with E-state index in [1.54, 1.807) is 8.61 Å². The molecule has 0 saturated carbocycles. The summed E-state index contributed by atoms with van der Waals surface area (Å²) in [5.74, 6) is 1.01. The van der Waals surface area contributed by atoms with Crippen LogP contribution in [0.2, 0.25) is 0 Å². The lowest BCUT2D eigenvalue weighted by atomic mass is 9.83. The number of rotatable bonds is 2. The minimum atomic E-state index is -3.34. The van der Waals surface area contributed by atoms with Crippen LogP contribution in [0.5, 0.6) is 0 Å². The highest BCUT2D eigenvalue weighted by Crippen LogP contribution is 2.37. The fourth-order valence-corrected chi connectivity index (χ4v) is 5.97. The summed E-state index contributed by atoms with van der Waals surface area (Å²) in [5.41, 5.74) is 3.85. The van der Waals surface area contributed by atoms with Crippen molar-refractivity contribution in [3.63, 3.8) is 0 Å². The van der Waals surface area contributed by atoms with Crippen LogP contribution >= 0.6 is 0 Å². The molecule has 0 bridgehead atoms. The number of benzene rings is 1. The molecule has 0 spiro atoms. The normalized spacial score (nSPS) is 29.0. The first-order valence-electron chi connectivity index (χ1n) is 8.51. The fourth-order valence-electron chi connectivity index (χ4n) is 4.26. The summed E-state index contributed by atoms with van der Waals surface area (Å²) >= 11 is 0. The van der Waals surface area contributed by atoms with Crippen molar-refractivity contribution in [2.24, 2.45) is 11.8 Å². The summed E-state index contributed by atoms with van der Waals surface area (Å²) in [6, 6.07) is 8.18. The molecular formula is C18H24N2O2S. The molecule has 124 valence electrons. The van der Waals surface area contributed by atoms with Gasteiger partial charge in [-0.2, -0.15) is 17.0 Å². The Labute approximate surface area is 139 Å². The highest BCUT2D eigenvalue weighted by molar-refractivity contribution is 7.86. The molecule has 5 heteroatoms. The van der Waals surface area contributed by atoms with E-state index in [1.807, 2.05) is 18.2 Å². The van der Waals surface area contributed by atoms with Gasteiger partial charge in [0.15, 0.2) is 0 Å². The third-order valence-corrected chi connectivity index (χ3v) is 7.56. The third kappa shape index (κ3) is 2.75. The summed E-state index contributed by atoms with van der Waals surface area (Å²) in [7, 11) is -3.34. The lowest BCUT2D eigenvalue weighted by molar-refractivity contribution is 0.340. The Hall–Kier alpha value is -1.17. The van der Waals surface area contributed by atoms with Crippen molar-refractivity contribution in [2.75, 3.05) is 19.6 Å². The number of allylic oxidation sites excluding steroid dienone is 2. The van der Waals surface area contributed by atoms with Crippen molar-refractivity contribution in [3.05, 3.63) is 47.0 Å². The monoisotopic (exact) mass is 332 g/mol. The Bertz CT molecular complexity index is 741. The van der Waals surface area contributed by atoms with Crippen LogP contribution in [0.4, 0.5) is 0 Å². The maximum Gasteiger partial charge on any atom is 0.282 e. The Morgan fingerprint density at radius 3 is 2.61 bits per heavy atom. The van der Waals surface area contributed by atoms with Crippen LogP contribution in [-0.2, 0) is 23.2 Å². The van der Waals surface area contributed by atoms with Crippen LogP contribution in [0.1, 0.15) is 30.9 Å². The minimum Gasteiger partial charge on any atom is -0.195 e. The molecule has 2 aliphatic heterocycles. The van der Waals surface area contributed by atoms with Gasteiger partial charge in [-0.25, -0.2) is 0 Å². The number of nitrogens with zero attached hydrogens (tertiary/aromatic N) is 2. The Morgan fingerprint density at radius 1 is 1.04 bits per heavy atom. The zero-order valence-corrected chi connectivity index (χ0v) is 14.4. The molecule has 3 aliphatic rings. The molecule has 0 aromatic heterocycles. The predicted molar refractivity (Wildman–Crippen MR) is 91.0 cm³/mol. The summed E-state index contributed by atoms with van der Waals surface area (Å²) in [4.78, 5) is 0. The highest BCUT2D eigenvalue weighted by Gasteiger charge is 2.42. The molecule has 1 fully saturated rings. The first kappa shape index (κ1) is 15.4. The van der Waals surface area contributed by atoms with Crippen molar-refractivity contribution in [2.45, 2.75) is 32.7 Å². The van der Waals surface area contributed by atoms with E-state index in [2.05, 4.69) is 19.1 Å². The summed E-state index contributed by atoms with van der Waals surface area (Å²) < 4.78 is 29.5. The van der Waals surface area contributed by atoms with Crippen molar-refractivity contribution in [1.82, 2.24) is 8.61 Å². The van der Waals surface area contributed by atoms with Gasteiger partial charge in [0.05, 0.1) is 0 Å². The fraction of sp³-hybridized carbons (Fsp3) is 0.556. The van der Waals surface area contributed by atoms with Gasteiger partial charge in [-0.15, -0.1) is 0 Å². The van der Waals surface area contributed by atoms with Gasteiger partial charge < -0.3 is 0 Å². The molecule has 1 aromatic rings. The van der Waals surface area contributed by atoms with E-state index in [0.29, 0.717) is 38.0 Å². The maximum atomic E-state index is 13.1. The molecule has 0 unspecified atom stereocenters. The van der Waals surface area contributed by atoms with E-state index < -0.39 is 10.2 Å². The van der Waals surface area contributed by atoms with E-state index >= 15 is 0 Å². The van der Waals surface area contributed by atoms with Gasteiger partial charge in [-0.3, -0.25) is 0 Å². The standard InChI is InChI=1S/C18H24N2O2S/c1-14-6-7-17-12-20(13-18(17)10-14)23(21,22)19-9-8-15-4-2-3-5-16(15)11-19/h2-6,17-18H,7-13H2,1H3/t17-,18+/m1/s1. The Kier molecular flexibility index (Phi) is 3.82. The molecule has 0 amide bonds. The van der Waals surface area contributed by atoms with Gasteiger partial charge in [0.1, 0.15) is 0 Å². The second kappa shape index (κ2) is 5.72. The van der Waals surface area contributed by atoms with Crippen molar-refractivity contribution >= 4 is 10.2 Å². The molecule has 1 aromatic carbocycles. The topological polar surface area (TPSA) is 40.6 Å². The van der Waals surface area contributed by atoms with Crippen LogP contribution in [0, 0.1) is 11.8 Å². The minimum absolute atomic E-state index is 0.505. The molecule has 0 radical (unpaired) electrons. The molecular weight excluding hydrogens is 308 g/mol. The molecule has 4 nitrogen and oxygen atoms in total. The van der Waals surface area contributed by atoms with E-state index in [1.165, 1.54) is 11.1 Å². The van der Waals surface area contributed by atoms with Gasteiger partial charge in [0.2, 0.25) is 0 Å². The highest BCUT2D eigenvalue weighted by atomic mass is 32.2. The number of fused-ring (bicyclic) bond motifs is 2. The lowest BCUT2D eigenvalue weighted by Gasteiger charge is -2.31. The smallest absolute Gasteiger partial charge is 0.195 e. The number of hydrogen-bond donors (Lipinski definition) is 0. The Morgan fingerprint density at radius 2 is 1.78 bits per heavy atom. The SMILES string of the molecule is CC1=CC[C@@H]2CN(S(=O)(=O)N3CCc4ccccc4C3)C[C@@H]2C1. The van der Waals surface area contributed by atoms with Gasteiger partial charge in [0.25, 0.3) is 10.2 Å². The molecule has 23 heavy (non-hydrogen) atoms. The van der Waals surface area contributed by atoms with Gasteiger partial charge >= 0.3 is 0 Å². The van der Waals surface area contributed by atoms with Gasteiger partial charge in [-0.1, -0.05) is 35.9 Å². The summed E-state index contributed by atoms with van der Waals surface area (Å²) in [6.45, 7) is 4.66. The summed E-state index contributed by atoms with van der Waals surface area (Å²) in [6.07, 6.45) is 5.19. The second-order valence-corrected chi connectivity index (χ2v) is 9.12. The van der Waals surface area contributed by atoms with Gasteiger partial charge in [0, 0.05) is 26.2 Å². The number of hydrogen-bond acceptors (Lipinski definition) is 2.